The van der Waals surface area contributed by atoms with Gasteiger partial charge in [-0.05, 0) is 12.8 Å². The molecule has 0 aliphatic carbocycles. The van der Waals surface area contributed by atoms with Crippen LogP contribution in [0.1, 0.15) is 32.1 Å². The van der Waals surface area contributed by atoms with Gasteiger partial charge in [-0.3, -0.25) is 4.79 Å². The zero-order valence-electron chi connectivity index (χ0n) is 7.58. The Bertz CT molecular complexity index is 222. The van der Waals surface area contributed by atoms with Gasteiger partial charge in [0.2, 0.25) is 0 Å². The van der Waals surface area contributed by atoms with Gasteiger partial charge in [0, 0.05) is 12.8 Å². The number of nitrogens with zero attached hydrogens (tertiary/aromatic N) is 1. The Morgan fingerprint density at radius 2 is 2.15 bits per heavy atom. The van der Waals surface area contributed by atoms with Gasteiger partial charge in [0.15, 0.2) is 0 Å². The first kappa shape index (κ1) is 11.5. The molecule has 0 atom stereocenters. The van der Waals surface area contributed by atoms with Crippen LogP contribution in [0.15, 0.2) is 0 Å². The van der Waals surface area contributed by atoms with Gasteiger partial charge in [0.1, 0.15) is 0 Å². The molecule has 0 unspecified atom stereocenters. The minimum absolute atomic E-state index is 0.255. The molecule has 0 aliphatic heterocycles. The molecule has 70 valence electrons. The van der Waals surface area contributed by atoms with Crippen molar-refractivity contribution in [2.75, 3.05) is 6.61 Å². The molecule has 0 radical (unpaired) electrons. The second-order valence-electron chi connectivity index (χ2n) is 2.54. The highest BCUT2D eigenvalue weighted by molar-refractivity contribution is 5.69. The van der Waals surface area contributed by atoms with E-state index in [1.807, 2.05) is 6.07 Å². The predicted octanol–water partition coefficient (Wildman–Crippen LogP) is 1.64. The Morgan fingerprint density at radius 3 is 2.77 bits per heavy atom. The molecule has 0 bridgehead atoms. The molecule has 0 aliphatic rings. The van der Waals surface area contributed by atoms with Gasteiger partial charge in [0.25, 0.3) is 0 Å². The lowest BCUT2D eigenvalue weighted by atomic mass is 10.2. The van der Waals surface area contributed by atoms with E-state index >= 15 is 0 Å². The average Bonchev–Trinajstić information content (AvgIpc) is 2.14. The van der Waals surface area contributed by atoms with E-state index in [0.717, 1.165) is 12.8 Å². The SMILES string of the molecule is C#CCCC(=O)OCCCCC#N. The van der Waals surface area contributed by atoms with E-state index in [-0.39, 0.29) is 12.4 Å². The largest absolute Gasteiger partial charge is 0.466 e. The van der Waals surface area contributed by atoms with Crippen LogP contribution in [0, 0.1) is 23.7 Å². The van der Waals surface area contributed by atoms with Crippen molar-refractivity contribution in [2.45, 2.75) is 32.1 Å². The van der Waals surface area contributed by atoms with Crippen LogP contribution >= 0.6 is 0 Å². The zero-order chi connectivity index (χ0) is 9.94. The Labute approximate surface area is 78.7 Å². The maximum absolute atomic E-state index is 10.9. The van der Waals surface area contributed by atoms with Crippen LogP contribution in [0.4, 0.5) is 0 Å². The third kappa shape index (κ3) is 8.43. The van der Waals surface area contributed by atoms with Crippen LogP contribution in [0.3, 0.4) is 0 Å². The van der Waals surface area contributed by atoms with Crippen molar-refractivity contribution in [1.29, 1.82) is 5.26 Å². The van der Waals surface area contributed by atoms with Gasteiger partial charge in [-0.15, -0.1) is 12.3 Å². The zero-order valence-corrected chi connectivity index (χ0v) is 7.58. The molecule has 0 N–H and O–H groups in total. The number of carbonyl (C=O) groups excluding carboxylic acids is 1. The smallest absolute Gasteiger partial charge is 0.306 e. The molecule has 0 rings (SSSR count). The van der Waals surface area contributed by atoms with Crippen LogP contribution in [0.5, 0.6) is 0 Å². The molecular formula is C10H13NO2. The summed E-state index contributed by atoms with van der Waals surface area (Å²) in [5.41, 5.74) is 0. The third-order valence-electron chi connectivity index (χ3n) is 1.42. The van der Waals surface area contributed by atoms with Crippen LogP contribution in [-0.4, -0.2) is 12.6 Å². The van der Waals surface area contributed by atoms with E-state index in [1.165, 1.54) is 0 Å². The van der Waals surface area contributed by atoms with Crippen molar-refractivity contribution in [2.24, 2.45) is 0 Å². The summed E-state index contributed by atoms with van der Waals surface area (Å²) >= 11 is 0. The summed E-state index contributed by atoms with van der Waals surface area (Å²) in [5, 5.41) is 8.21. The first-order valence-electron chi connectivity index (χ1n) is 4.27. The number of esters is 1. The van der Waals surface area contributed by atoms with E-state index in [9.17, 15) is 4.79 Å². The molecule has 0 saturated heterocycles. The second-order valence-corrected chi connectivity index (χ2v) is 2.54. The number of carbonyl (C=O) groups is 1. The average molecular weight is 179 g/mol. The quantitative estimate of drug-likeness (QED) is 0.354. The molecule has 0 saturated carbocycles. The predicted molar refractivity (Wildman–Crippen MR) is 48.5 cm³/mol. The molecule has 3 nitrogen and oxygen atoms in total. The minimum atomic E-state index is -0.255. The van der Waals surface area contributed by atoms with E-state index in [2.05, 4.69) is 5.92 Å². The molecule has 3 heteroatoms. The second kappa shape index (κ2) is 8.62. The number of rotatable bonds is 6. The van der Waals surface area contributed by atoms with Crippen molar-refractivity contribution in [3.8, 4) is 18.4 Å². The van der Waals surface area contributed by atoms with Crippen LogP contribution in [0.2, 0.25) is 0 Å². The third-order valence-corrected chi connectivity index (χ3v) is 1.42. The van der Waals surface area contributed by atoms with Gasteiger partial charge >= 0.3 is 5.97 Å². The lowest BCUT2D eigenvalue weighted by Crippen LogP contribution is -2.04. The van der Waals surface area contributed by atoms with Crippen molar-refractivity contribution in [3.63, 3.8) is 0 Å². The Morgan fingerprint density at radius 1 is 1.38 bits per heavy atom. The number of hydrogen-bond acceptors (Lipinski definition) is 3. The van der Waals surface area contributed by atoms with Gasteiger partial charge in [0.05, 0.1) is 19.1 Å². The van der Waals surface area contributed by atoms with Gasteiger partial charge in [-0.2, -0.15) is 5.26 Å². The topological polar surface area (TPSA) is 50.1 Å². The van der Waals surface area contributed by atoms with E-state index in [1.54, 1.807) is 0 Å². The molecule has 0 amide bonds. The fraction of sp³-hybridized carbons (Fsp3) is 0.600. The summed E-state index contributed by atoms with van der Waals surface area (Å²) in [4.78, 5) is 10.9. The lowest BCUT2D eigenvalue weighted by molar-refractivity contribution is -0.143. The Balaban J connectivity index is 3.19. The molecule has 0 heterocycles. The highest BCUT2D eigenvalue weighted by Crippen LogP contribution is 1.97. The van der Waals surface area contributed by atoms with E-state index in [4.69, 9.17) is 16.4 Å². The number of ether oxygens (including phenoxy) is 1. The summed E-state index contributed by atoms with van der Waals surface area (Å²) in [6, 6.07) is 2.02. The maximum Gasteiger partial charge on any atom is 0.306 e. The molecule has 0 spiro atoms. The monoisotopic (exact) mass is 179 g/mol. The summed E-state index contributed by atoms with van der Waals surface area (Å²) in [6.45, 7) is 0.394. The molecule has 0 aromatic carbocycles. The fourth-order valence-corrected chi connectivity index (χ4v) is 0.739. The number of hydrogen-bond donors (Lipinski definition) is 0. The molecule has 0 aromatic heterocycles. The molecular weight excluding hydrogens is 166 g/mol. The highest BCUT2D eigenvalue weighted by atomic mass is 16.5. The van der Waals surface area contributed by atoms with Crippen LogP contribution in [0.25, 0.3) is 0 Å². The lowest BCUT2D eigenvalue weighted by Gasteiger charge is -2.01. The van der Waals surface area contributed by atoms with Gasteiger partial charge in [-0.1, -0.05) is 0 Å². The van der Waals surface area contributed by atoms with E-state index in [0.29, 0.717) is 19.4 Å². The highest BCUT2D eigenvalue weighted by Gasteiger charge is 1.99. The van der Waals surface area contributed by atoms with Crippen LogP contribution in [-0.2, 0) is 9.53 Å². The first-order valence-corrected chi connectivity index (χ1v) is 4.27. The minimum Gasteiger partial charge on any atom is -0.466 e. The standard InChI is InChI=1S/C10H13NO2/c1-2-3-7-10(12)13-9-6-4-5-8-11/h1H,3-7,9H2. The summed E-state index contributed by atoms with van der Waals surface area (Å²) in [5.74, 6) is 2.11. The summed E-state index contributed by atoms with van der Waals surface area (Å²) < 4.78 is 4.85. The van der Waals surface area contributed by atoms with E-state index < -0.39 is 0 Å². The normalized spacial score (nSPS) is 8.46. The number of terminal acetylenes is 1. The van der Waals surface area contributed by atoms with Gasteiger partial charge in [-0.25, -0.2) is 0 Å². The number of unbranched alkanes of at least 4 members (excludes halogenated alkanes) is 2. The summed E-state index contributed by atoms with van der Waals surface area (Å²) in [7, 11) is 0. The number of nitriles is 1. The van der Waals surface area contributed by atoms with Crippen molar-refractivity contribution in [3.05, 3.63) is 0 Å². The fourth-order valence-electron chi connectivity index (χ4n) is 0.739. The Kier molecular flexibility index (Phi) is 7.63. The molecule has 13 heavy (non-hydrogen) atoms. The summed E-state index contributed by atoms with van der Waals surface area (Å²) in [6.07, 6.45) is 7.73. The van der Waals surface area contributed by atoms with Crippen molar-refractivity contribution < 1.29 is 9.53 Å². The molecule has 0 aromatic rings. The maximum atomic E-state index is 10.9. The first-order chi connectivity index (χ1) is 6.31. The van der Waals surface area contributed by atoms with Crippen LogP contribution < -0.4 is 0 Å². The Hall–Kier alpha value is -1.48. The molecule has 0 fully saturated rings. The van der Waals surface area contributed by atoms with Crippen molar-refractivity contribution >= 4 is 5.97 Å². The van der Waals surface area contributed by atoms with Crippen molar-refractivity contribution in [1.82, 2.24) is 0 Å². The van der Waals surface area contributed by atoms with Gasteiger partial charge < -0.3 is 4.74 Å².